The normalized spacial score (nSPS) is 17.7. The van der Waals surface area contributed by atoms with Gasteiger partial charge in [0, 0.05) is 12.3 Å². The van der Waals surface area contributed by atoms with Crippen LogP contribution in [0, 0.1) is 0 Å². The molecule has 0 radical (unpaired) electrons. The van der Waals surface area contributed by atoms with Crippen LogP contribution in [0.15, 0.2) is 66.7 Å². The second kappa shape index (κ2) is 8.55. The predicted molar refractivity (Wildman–Crippen MR) is 123 cm³/mol. The quantitative estimate of drug-likeness (QED) is 0.639. The zero-order valence-electron chi connectivity index (χ0n) is 17.6. The maximum Gasteiger partial charge on any atom is 0.235 e. The molecule has 1 saturated heterocycles. The van der Waals surface area contributed by atoms with Gasteiger partial charge in [0.2, 0.25) is 15.9 Å². The number of ether oxygens (including phenoxy) is 1. The molecule has 1 heterocycles. The van der Waals surface area contributed by atoms with E-state index in [1.807, 2.05) is 36.4 Å². The Balaban J connectivity index is 1.71. The molecular formula is C25H25NO4S. The third kappa shape index (κ3) is 4.49. The first-order valence-electron chi connectivity index (χ1n) is 10.3. The molecule has 6 heteroatoms. The van der Waals surface area contributed by atoms with Crippen molar-refractivity contribution in [3.63, 3.8) is 0 Å². The second-order valence-electron chi connectivity index (χ2n) is 7.76. The average molecular weight is 436 g/mol. The summed E-state index contributed by atoms with van der Waals surface area (Å²) in [6.45, 7) is 2.15. The molecular weight excluding hydrogens is 410 g/mol. The van der Waals surface area contributed by atoms with Crippen molar-refractivity contribution in [2.45, 2.75) is 25.7 Å². The van der Waals surface area contributed by atoms with Crippen LogP contribution in [0.4, 0.5) is 0 Å². The van der Waals surface area contributed by atoms with Gasteiger partial charge in [-0.25, -0.2) is 8.42 Å². The predicted octanol–water partition coefficient (Wildman–Crippen LogP) is 4.52. The lowest BCUT2D eigenvalue weighted by Crippen LogP contribution is -2.40. The zero-order valence-corrected chi connectivity index (χ0v) is 18.4. The van der Waals surface area contributed by atoms with Gasteiger partial charge in [0.25, 0.3) is 0 Å². The van der Waals surface area contributed by atoms with Crippen LogP contribution < -0.4 is 9.46 Å². The molecule has 1 amide bonds. The smallest absolute Gasteiger partial charge is 0.235 e. The first kappa shape index (κ1) is 21.1. The van der Waals surface area contributed by atoms with Crippen molar-refractivity contribution in [3.05, 3.63) is 77.9 Å². The lowest BCUT2D eigenvalue weighted by Gasteiger charge is -2.24. The third-order valence-electron chi connectivity index (χ3n) is 5.70. The van der Waals surface area contributed by atoms with Crippen molar-refractivity contribution in [3.8, 4) is 28.0 Å². The third-order valence-corrected chi connectivity index (χ3v) is 7.08. The number of aryl methyl sites for hydroxylation is 1. The van der Waals surface area contributed by atoms with Crippen LogP contribution in [0.2, 0.25) is 0 Å². The molecule has 0 spiro atoms. The molecule has 3 aromatic rings. The van der Waals surface area contributed by atoms with E-state index in [2.05, 4.69) is 42.0 Å². The van der Waals surface area contributed by atoms with E-state index in [4.69, 9.17) is 4.74 Å². The Labute approximate surface area is 183 Å². The number of carbonyl (C=O) groups is 1. The topological polar surface area (TPSA) is 72.5 Å². The van der Waals surface area contributed by atoms with Gasteiger partial charge >= 0.3 is 0 Å². The molecule has 4 rings (SSSR count). The minimum atomic E-state index is -3.61. The lowest BCUT2D eigenvalue weighted by atomic mass is 9.92. The molecule has 31 heavy (non-hydrogen) atoms. The summed E-state index contributed by atoms with van der Waals surface area (Å²) < 4.78 is 31.6. The molecule has 1 N–H and O–H groups in total. The van der Waals surface area contributed by atoms with Gasteiger partial charge in [0.05, 0.1) is 12.9 Å². The molecule has 1 unspecified atom stereocenters. The van der Waals surface area contributed by atoms with Crippen molar-refractivity contribution in [2.24, 2.45) is 0 Å². The lowest BCUT2D eigenvalue weighted by molar-refractivity contribution is -0.119. The summed E-state index contributed by atoms with van der Waals surface area (Å²) in [5.41, 5.74) is 6.41. The molecule has 0 aromatic heterocycles. The Morgan fingerprint density at radius 1 is 0.968 bits per heavy atom. The molecule has 0 aliphatic carbocycles. The van der Waals surface area contributed by atoms with E-state index in [-0.39, 0.29) is 12.2 Å². The first-order chi connectivity index (χ1) is 14.9. The van der Waals surface area contributed by atoms with Gasteiger partial charge in [-0.1, -0.05) is 61.5 Å². The Hall–Kier alpha value is -3.12. The summed E-state index contributed by atoms with van der Waals surface area (Å²) in [4.78, 5) is 11.8. The van der Waals surface area contributed by atoms with Gasteiger partial charge in [-0.2, -0.15) is 0 Å². The minimum absolute atomic E-state index is 0.123. The maximum atomic E-state index is 12.0. The molecule has 0 bridgehead atoms. The van der Waals surface area contributed by atoms with Gasteiger partial charge in [0.1, 0.15) is 5.75 Å². The van der Waals surface area contributed by atoms with Crippen molar-refractivity contribution in [1.29, 1.82) is 0 Å². The van der Waals surface area contributed by atoms with E-state index in [1.54, 1.807) is 7.11 Å². The molecule has 1 fully saturated rings. The number of carbonyl (C=O) groups excluding carboxylic acids is 1. The Morgan fingerprint density at radius 2 is 1.71 bits per heavy atom. The van der Waals surface area contributed by atoms with Gasteiger partial charge < -0.3 is 4.74 Å². The maximum absolute atomic E-state index is 12.0. The Bertz CT molecular complexity index is 1230. The van der Waals surface area contributed by atoms with Gasteiger partial charge in [-0.05, 0) is 51.9 Å². The number of rotatable bonds is 5. The number of amides is 1. The van der Waals surface area contributed by atoms with Gasteiger partial charge in [-0.15, -0.1) is 0 Å². The summed E-state index contributed by atoms with van der Waals surface area (Å²) in [6.07, 6.45) is 1.08. The van der Waals surface area contributed by atoms with Crippen LogP contribution in [-0.4, -0.2) is 27.2 Å². The Morgan fingerprint density at radius 3 is 2.45 bits per heavy atom. The molecule has 0 saturated carbocycles. The summed E-state index contributed by atoms with van der Waals surface area (Å²) in [5.74, 6) is -0.445. The molecule has 1 atom stereocenters. The highest BCUT2D eigenvalue weighted by Gasteiger charge is 2.32. The van der Waals surface area contributed by atoms with Crippen LogP contribution in [0.3, 0.4) is 0 Å². The molecule has 5 nitrogen and oxygen atoms in total. The first-order valence-corrected chi connectivity index (χ1v) is 12.0. The van der Waals surface area contributed by atoms with Crippen LogP contribution >= 0.6 is 0 Å². The molecule has 160 valence electrons. The number of hydrogen-bond donors (Lipinski definition) is 1. The molecule has 1 aliphatic rings. The number of benzene rings is 3. The van der Waals surface area contributed by atoms with E-state index in [0.717, 1.165) is 28.7 Å². The van der Waals surface area contributed by atoms with Crippen molar-refractivity contribution < 1.29 is 17.9 Å². The van der Waals surface area contributed by atoms with Crippen molar-refractivity contribution in [2.75, 3.05) is 12.9 Å². The average Bonchev–Trinajstić information content (AvgIpc) is 2.77. The number of hydrogen-bond acceptors (Lipinski definition) is 4. The molecule has 1 aliphatic heterocycles. The van der Waals surface area contributed by atoms with Gasteiger partial charge in [0.15, 0.2) is 0 Å². The zero-order chi connectivity index (χ0) is 22.0. The fourth-order valence-corrected chi connectivity index (χ4v) is 5.55. The van der Waals surface area contributed by atoms with Crippen molar-refractivity contribution >= 4 is 15.9 Å². The van der Waals surface area contributed by atoms with E-state index in [9.17, 15) is 13.2 Å². The highest BCUT2D eigenvalue weighted by Crippen LogP contribution is 2.36. The van der Waals surface area contributed by atoms with Crippen LogP contribution in [0.1, 0.15) is 30.4 Å². The number of nitrogens with one attached hydrogen (secondary N) is 1. The van der Waals surface area contributed by atoms with Crippen LogP contribution in [0.5, 0.6) is 5.75 Å². The minimum Gasteiger partial charge on any atom is -0.496 e. The standard InChI is InChI=1S/C25H25NO4S/c1-3-17-7-4-5-10-22(17)20-9-6-8-18(13-20)19-11-12-23(24(14-19)30-2)21-15-25(27)26-31(28,29)16-21/h4-14,21H,3,15-16H2,1-2H3,(H,26,27). The summed E-state index contributed by atoms with van der Waals surface area (Å²) in [6, 6.07) is 22.5. The summed E-state index contributed by atoms with van der Waals surface area (Å²) >= 11 is 0. The second-order valence-corrected chi connectivity index (χ2v) is 9.52. The largest absolute Gasteiger partial charge is 0.496 e. The van der Waals surface area contributed by atoms with Crippen LogP contribution in [0.25, 0.3) is 22.3 Å². The fourth-order valence-electron chi connectivity index (χ4n) is 4.21. The van der Waals surface area contributed by atoms with E-state index < -0.39 is 21.8 Å². The summed E-state index contributed by atoms with van der Waals surface area (Å²) in [7, 11) is -2.05. The van der Waals surface area contributed by atoms with Gasteiger partial charge in [-0.3, -0.25) is 9.52 Å². The fraction of sp³-hybridized carbons (Fsp3) is 0.240. The van der Waals surface area contributed by atoms with E-state index >= 15 is 0 Å². The van der Waals surface area contributed by atoms with Crippen LogP contribution in [-0.2, 0) is 21.2 Å². The highest BCUT2D eigenvalue weighted by atomic mass is 32.2. The Kier molecular flexibility index (Phi) is 5.83. The molecule has 3 aromatic carbocycles. The summed E-state index contributed by atoms with van der Waals surface area (Å²) in [5, 5.41) is 0. The highest BCUT2D eigenvalue weighted by molar-refractivity contribution is 7.90. The van der Waals surface area contributed by atoms with E-state index in [0.29, 0.717) is 5.75 Å². The number of methoxy groups -OCH3 is 1. The SMILES string of the molecule is CCc1ccccc1-c1cccc(-c2ccc(C3CC(=O)NS(=O)(=O)C3)c(OC)c2)c1. The monoisotopic (exact) mass is 435 g/mol. The van der Waals surface area contributed by atoms with E-state index in [1.165, 1.54) is 11.1 Å². The van der Waals surface area contributed by atoms with Crippen molar-refractivity contribution in [1.82, 2.24) is 4.72 Å². The number of sulfonamides is 1.